The molecule has 1 aromatic rings. The number of piperazine rings is 2. The van der Waals surface area contributed by atoms with Gasteiger partial charge in [0, 0.05) is 74.5 Å². The first-order valence-corrected chi connectivity index (χ1v) is 11.9. The first-order chi connectivity index (χ1) is 15.0. The molecule has 1 saturated carbocycles. The van der Waals surface area contributed by atoms with Crippen molar-refractivity contribution in [2.24, 2.45) is 0 Å². The van der Waals surface area contributed by atoms with Crippen molar-refractivity contribution in [3.05, 3.63) is 39.9 Å². The van der Waals surface area contributed by atoms with Crippen LogP contribution in [0.15, 0.2) is 24.3 Å². The highest BCUT2D eigenvalue weighted by molar-refractivity contribution is 6.35. The molecule has 1 aromatic carbocycles. The number of halogens is 2. The number of carbonyl (C=O) groups excluding carboxylic acids is 2. The minimum Gasteiger partial charge on any atom is -0.339 e. The first kappa shape index (κ1) is 22.6. The SMILES string of the molecule is O=C(/C=C/c1ccc(Cl)cc1Cl)N1CCN(CC(=O)N2CCN(C3CCC3)CC2)CC1. The number of hydrogen-bond acceptors (Lipinski definition) is 4. The van der Waals surface area contributed by atoms with E-state index in [-0.39, 0.29) is 11.8 Å². The van der Waals surface area contributed by atoms with Crippen LogP contribution >= 0.6 is 23.2 Å². The van der Waals surface area contributed by atoms with E-state index in [0.29, 0.717) is 29.7 Å². The van der Waals surface area contributed by atoms with Gasteiger partial charge in [-0.2, -0.15) is 0 Å². The zero-order valence-corrected chi connectivity index (χ0v) is 19.3. The van der Waals surface area contributed by atoms with Crippen LogP contribution in [-0.2, 0) is 9.59 Å². The van der Waals surface area contributed by atoms with Crippen molar-refractivity contribution in [1.82, 2.24) is 19.6 Å². The monoisotopic (exact) mass is 464 g/mol. The fourth-order valence-corrected chi connectivity index (χ4v) is 4.88. The van der Waals surface area contributed by atoms with E-state index in [4.69, 9.17) is 23.2 Å². The van der Waals surface area contributed by atoms with Gasteiger partial charge in [-0.15, -0.1) is 0 Å². The lowest BCUT2D eigenvalue weighted by Gasteiger charge is -2.43. The lowest BCUT2D eigenvalue weighted by molar-refractivity contribution is -0.135. The molecular weight excluding hydrogens is 435 g/mol. The molecule has 0 bridgehead atoms. The highest BCUT2D eigenvalue weighted by atomic mass is 35.5. The third kappa shape index (κ3) is 5.80. The van der Waals surface area contributed by atoms with Gasteiger partial charge in [0.05, 0.1) is 6.54 Å². The second-order valence-electron chi connectivity index (χ2n) is 8.60. The van der Waals surface area contributed by atoms with Crippen LogP contribution in [0.25, 0.3) is 6.08 Å². The number of benzene rings is 1. The van der Waals surface area contributed by atoms with E-state index in [0.717, 1.165) is 50.9 Å². The van der Waals surface area contributed by atoms with Crippen molar-refractivity contribution in [3.63, 3.8) is 0 Å². The molecule has 6 nitrogen and oxygen atoms in total. The second kappa shape index (κ2) is 10.3. The molecule has 0 aromatic heterocycles. The van der Waals surface area contributed by atoms with Crippen molar-refractivity contribution >= 4 is 41.1 Å². The number of carbonyl (C=O) groups is 2. The fraction of sp³-hybridized carbons (Fsp3) is 0.565. The average molecular weight is 465 g/mol. The van der Waals surface area contributed by atoms with Crippen molar-refractivity contribution in [3.8, 4) is 0 Å². The Hall–Kier alpha value is -1.60. The van der Waals surface area contributed by atoms with Gasteiger partial charge in [-0.3, -0.25) is 19.4 Å². The summed E-state index contributed by atoms with van der Waals surface area (Å²) in [5.74, 6) is 0.175. The third-order valence-corrected chi connectivity index (χ3v) is 7.23. The Morgan fingerprint density at radius 3 is 2.23 bits per heavy atom. The summed E-state index contributed by atoms with van der Waals surface area (Å²) in [7, 11) is 0. The second-order valence-corrected chi connectivity index (χ2v) is 9.45. The Kier molecular flexibility index (Phi) is 7.54. The van der Waals surface area contributed by atoms with E-state index in [1.807, 2.05) is 9.80 Å². The summed E-state index contributed by atoms with van der Waals surface area (Å²) in [6.45, 7) is 6.81. The van der Waals surface area contributed by atoms with Crippen LogP contribution in [0.3, 0.4) is 0 Å². The Morgan fingerprint density at radius 2 is 1.61 bits per heavy atom. The molecular formula is C23H30Cl2N4O2. The van der Waals surface area contributed by atoms with E-state index < -0.39 is 0 Å². The van der Waals surface area contributed by atoms with Gasteiger partial charge in [-0.1, -0.05) is 35.7 Å². The molecule has 1 aliphatic carbocycles. The van der Waals surface area contributed by atoms with Gasteiger partial charge in [0.1, 0.15) is 0 Å². The molecule has 2 aliphatic heterocycles. The number of nitrogens with zero attached hydrogens (tertiary/aromatic N) is 4. The predicted octanol–water partition coefficient (Wildman–Crippen LogP) is 2.85. The highest BCUT2D eigenvalue weighted by Crippen LogP contribution is 2.25. The van der Waals surface area contributed by atoms with Crippen molar-refractivity contribution < 1.29 is 9.59 Å². The molecule has 3 fully saturated rings. The molecule has 4 rings (SSSR count). The minimum atomic E-state index is -0.0379. The smallest absolute Gasteiger partial charge is 0.246 e. The summed E-state index contributed by atoms with van der Waals surface area (Å²) in [6.07, 6.45) is 7.26. The number of hydrogen-bond donors (Lipinski definition) is 0. The molecule has 0 radical (unpaired) electrons. The van der Waals surface area contributed by atoms with Gasteiger partial charge in [-0.05, 0) is 36.6 Å². The van der Waals surface area contributed by atoms with E-state index in [1.165, 1.54) is 19.3 Å². The van der Waals surface area contributed by atoms with Gasteiger partial charge in [0.25, 0.3) is 0 Å². The zero-order chi connectivity index (χ0) is 21.8. The van der Waals surface area contributed by atoms with Crippen LogP contribution in [0.5, 0.6) is 0 Å². The van der Waals surface area contributed by atoms with Crippen LogP contribution in [0, 0.1) is 0 Å². The molecule has 168 valence electrons. The Labute approximate surface area is 194 Å². The van der Waals surface area contributed by atoms with Crippen LogP contribution in [-0.4, -0.2) is 96.4 Å². The lowest BCUT2D eigenvalue weighted by atomic mass is 9.91. The Morgan fingerprint density at radius 1 is 0.935 bits per heavy atom. The lowest BCUT2D eigenvalue weighted by Crippen LogP contribution is -2.56. The maximum atomic E-state index is 12.7. The maximum Gasteiger partial charge on any atom is 0.246 e. The average Bonchev–Trinajstić information content (AvgIpc) is 2.73. The fourth-order valence-electron chi connectivity index (χ4n) is 4.41. The van der Waals surface area contributed by atoms with Crippen LogP contribution in [0.2, 0.25) is 10.0 Å². The molecule has 31 heavy (non-hydrogen) atoms. The number of amides is 2. The minimum absolute atomic E-state index is 0.0379. The molecule has 3 aliphatic rings. The summed E-state index contributed by atoms with van der Waals surface area (Å²) in [5, 5.41) is 1.09. The molecule has 2 heterocycles. The van der Waals surface area contributed by atoms with Gasteiger partial charge >= 0.3 is 0 Å². The largest absolute Gasteiger partial charge is 0.339 e. The van der Waals surface area contributed by atoms with Crippen LogP contribution in [0.4, 0.5) is 0 Å². The van der Waals surface area contributed by atoms with Crippen molar-refractivity contribution in [2.45, 2.75) is 25.3 Å². The van der Waals surface area contributed by atoms with E-state index in [1.54, 1.807) is 30.4 Å². The van der Waals surface area contributed by atoms with Crippen molar-refractivity contribution in [2.75, 3.05) is 58.9 Å². The highest BCUT2D eigenvalue weighted by Gasteiger charge is 2.30. The van der Waals surface area contributed by atoms with Crippen LogP contribution in [0.1, 0.15) is 24.8 Å². The van der Waals surface area contributed by atoms with E-state index >= 15 is 0 Å². The van der Waals surface area contributed by atoms with Crippen molar-refractivity contribution in [1.29, 1.82) is 0 Å². The third-order valence-electron chi connectivity index (χ3n) is 6.67. The number of rotatable bonds is 5. The van der Waals surface area contributed by atoms with E-state index in [9.17, 15) is 9.59 Å². The maximum absolute atomic E-state index is 12.7. The molecule has 0 spiro atoms. The molecule has 2 amide bonds. The summed E-state index contributed by atoms with van der Waals surface area (Å²) >= 11 is 12.1. The Balaban J connectivity index is 1.19. The molecule has 2 saturated heterocycles. The topological polar surface area (TPSA) is 47.1 Å². The quantitative estimate of drug-likeness (QED) is 0.628. The molecule has 8 heteroatoms. The van der Waals surface area contributed by atoms with Gasteiger partial charge in [-0.25, -0.2) is 0 Å². The summed E-state index contributed by atoms with van der Waals surface area (Å²) < 4.78 is 0. The molecule has 0 unspecified atom stereocenters. The molecule has 0 N–H and O–H groups in total. The summed E-state index contributed by atoms with van der Waals surface area (Å²) in [4.78, 5) is 33.7. The van der Waals surface area contributed by atoms with E-state index in [2.05, 4.69) is 9.80 Å². The summed E-state index contributed by atoms with van der Waals surface area (Å²) in [5.41, 5.74) is 0.765. The first-order valence-electron chi connectivity index (χ1n) is 11.2. The predicted molar refractivity (Wildman–Crippen MR) is 124 cm³/mol. The Bertz CT molecular complexity index is 827. The zero-order valence-electron chi connectivity index (χ0n) is 17.8. The van der Waals surface area contributed by atoms with Gasteiger partial charge in [0.15, 0.2) is 0 Å². The standard InChI is InChI=1S/C23H30Cl2N4O2/c24-19-6-4-18(21(25)16-19)5-7-22(30)28-10-8-26(9-11-28)17-23(31)29-14-12-27(13-15-29)20-2-1-3-20/h4-7,16,20H,1-3,8-15,17H2/b7-5+. The van der Waals surface area contributed by atoms with Gasteiger partial charge < -0.3 is 9.80 Å². The summed E-state index contributed by atoms with van der Waals surface area (Å²) in [6, 6.07) is 5.97. The van der Waals surface area contributed by atoms with Crippen LogP contribution < -0.4 is 0 Å². The molecule has 0 atom stereocenters. The normalized spacial score (nSPS) is 21.5. The van der Waals surface area contributed by atoms with Gasteiger partial charge in [0.2, 0.25) is 11.8 Å².